The van der Waals surface area contributed by atoms with E-state index >= 15 is 0 Å². The number of carbonyl (C=O) groups is 1. The number of ketones is 1. The second-order valence-corrected chi connectivity index (χ2v) is 5.43. The zero-order chi connectivity index (χ0) is 12.8. The van der Waals surface area contributed by atoms with E-state index < -0.39 is 0 Å². The van der Waals surface area contributed by atoms with Crippen molar-refractivity contribution in [1.29, 1.82) is 0 Å². The molecule has 0 amide bonds. The first-order valence-corrected chi connectivity index (χ1v) is 6.90. The van der Waals surface area contributed by atoms with Gasteiger partial charge in [0.15, 0.2) is 5.78 Å². The van der Waals surface area contributed by atoms with Gasteiger partial charge in [0.25, 0.3) is 0 Å². The molecule has 0 spiro atoms. The Labute approximate surface area is 105 Å². The van der Waals surface area contributed by atoms with Gasteiger partial charge < -0.3 is 10.5 Å². The van der Waals surface area contributed by atoms with Crippen LogP contribution in [0.5, 0.6) is 0 Å². The molecule has 3 nitrogen and oxygen atoms in total. The van der Waals surface area contributed by atoms with Gasteiger partial charge in [0.1, 0.15) is 0 Å². The lowest BCUT2D eigenvalue weighted by Crippen LogP contribution is -2.37. The summed E-state index contributed by atoms with van der Waals surface area (Å²) in [6, 6.07) is -0.256. The summed E-state index contributed by atoms with van der Waals surface area (Å²) >= 11 is 0. The molecule has 1 rings (SSSR count). The molecule has 2 unspecified atom stereocenters. The van der Waals surface area contributed by atoms with Gasteiger partial charge in [-0.2, -0.15) is 0 Å². The molecule has 0 aromatic carbocycles. The molecule has 100 valence electrons. The minimum Gasteiger partial charge on any atom is -0.381 e. The molecule has 0 radical (unpaired) electrons. The third kappa shape index (κ3) is 4.40. The molecule has 0 heterocycles. The lowest BCUT2D eigenvalue weighted by molar-refractivity contribution is -0.124. The maximum absolute atomic E-state index is 11.9. The van der Waals surface area contributed by atoms with Crippen molar-refractivity contribution in [3.05, 3.63) is 0 Å². The van der Waals surface area contributed by atoms with Crippen LogP contribution in [0.25, 0.3) is 0 Å². The summed E-state index contributed by atoms with van der Waals surface area (Å²) in [6.07, 6.45) is 6.71. The van der Waals surface area contributed by atoms with Crippen LogP contribution in [0.3, 0.4) is 0 Å². The van der Waals surface area contributed by atoms with Crippen molar-refractivity contribution in [1.82, 2.24) is 0 Å². The average Bonchev–Trinajstić information content (AvgIpc) is 2.37. The third-order valence-corrected chi connectivity index (χ3v) is 4.18. The summed E-state index contributed by atoms with van der Waals surface area (Å²) in [5.74, 6) is 0.964. The Morgan fingerprint density at radius 2 is 1.94 bits per heavy atom. The number of hydrogen-bond acceptors (Lipinski definition) is 3. The van der Waals surface area contributed by atoms with Gasteiger partial charge >= 0.3 is 0 Å². The van der Waals surface area contributed by atoms with Crippen LogP contribution in [0.4, 0.5) is 0 Å². The van der Waals surface area contributed by atoms with E-state index in [0.29, 0.717) is 12.0 Å². The fourth-order valence-corrected chi connectivity index (χ4v) is 2.65. The maximum atomic E-state index is 11.9. The molecule has 0 aromatic heterocycles. The van der Waals surface area contributed by atoms with Crippen molar-refractivity contribution in [2.45, 2.75) is 64.5 Å². The number of methoxy groups -OCH3 is 1. The Bertz CT molecular complexity index is 234. The predicted molar refractivity (Wildman–Crippen MR) is 69.8 cm³/mol. The van der Waals surface area contributed by atoms with Crippen LogP contribution in [0.1, 0.15) is 52.4 Å². The van der Waals surface area contributed by atoms with E-state index in [0.717, 1.165) is 38.5 Å². The summed E-state index contributed by atoms with van der Waals surface area (Å²) in [5, 5.41) is 0. The molecule has 0 saturated heterocycles. The molecule has 1 fully saturated rings. The second-order valence-electron chi connectivity index (χ2n) is 5.43. The lowest BCUT2D eigenvalue weighted by Gasteiger charge is -2.29. The number of hydrogen-bond donors (Lipinski definition) is 1. The van der Waals surface area contributed by atoms with E-state index in [9.17, 15) is 4.79 Å². The largest absolute Gasteiger partial charge is 0.381 e. The molecule has 2 atom stereocenters. The van der Waals surface area contributed by atoms with Gasteiger partial charge in [-0.15, -0.1) is 0 Å². The highest BCUT2D eigenvalue weighted by molar-refractivity contribution is 5.85. The van der Waals surface area contributed by atoms with E-state index in [-0.39, 0.29) is 17.7 Å². The van der Waals surface area contributed by atoms with Gasteiger partial charge in [0.2, 0.25) is 0 Å². The second kappa shape index (κ2) is 7.12. The molecule has 1 aliphatic rings. The molecule has 1 saturated carbocycles. The van der Waals surface area contributed by atoms with Crippen molar-refractivity contribution in [2.24, 2.45) is 17.6 Å². The SMILES string of the molecule is CCC(C)C(=O)C(N)CC1CCC(OC)CC1. The number of ether oxygens (including phenoxy) is 1. The molecule has 0 bridgehead atoms. The van der Waals surface area contributed by atoms with Crippen molar-refractivity contribution in [2.75, 3.05) is 7.11 Å². The molecule has 3 heteroatoms. The van der Waals surface area contributed by atoms with Gasteiger partial charge in [-0.05, 0) is 44.4 Å². The summed E-state index contributed by atoms with van der Waals surface area (Å²) in [7, 11) is 1.78. The summed E-state index contributed by atoms with van der Waals surface area (Å²) in [4.78, 5) is 11.9. The highest BCUT2D eigenvalue weighted by atomic mass is 16.5. The highest BCUT2D eigenvalue weighted by Gasteiger charge is 2.26. The average molecular weight is 241 g/mol. The fourth-order valence-electron chi connectivity index (χ4n) is 2.65. The monoisotopic (exact) mass is 241 g/mol. The molecular weight excluding hydrogens is 214 g/mol. The van der Waals surface area contributed by atoms with Gasteiger partial charge in [0, 0.05) is 13.0 Å². The minimum atomic E-state index is -0.256. The van der Waals surface area contributed by atoms with Crippen molar-refractivity contribution in [3.63, 3.8) is 0 Å². The zero-order valence-electron chi connectivity index (χ0n) is 11.4. The number of nitrogens with two attached hydrogens (primary N) is 1. The van der Waals surface area contributed by atoms with E-state index in [1.807, 2.05) is 13.8 Å². The number of rotatable bonds is 6. The maximum Gasteiger partial charge on any atom is 0.152 e. The Balaban J connectivity index is 2.32. The summed E-state index contributed by atoms with van der Waals surface area (Å²) in [6.45, 7) is 4.02. The fraction of sp³-hybridized carbons (Fsp3) is 0.929. The summed E-state index contributed by atoms with van der Waals surface area (Å²) < 4.78 is 5.35. The standard InChI is InChI=1S/C14H27NO2/c1-4-10(2)14(16)13(15)9-11-5-7-12(17-3)8-6-11/h10-13H,4-9,15H2,1-3H3. The van der Waals surface area contributed by atoms with Crippen LogP contribution in [-0.2, 0) is 9.53 Å². The predicted octanol–water partition coefficient (Wildman–Crippen LogP) is 2.52. The minimum absolute atomic E-state index is 0.111. The Morgan fingerprint density at radius 1 is 1.35 bits per heavy atom. The van der Waals surface area contributed by atoms with Crippen LogP contribution in [0, 0.1) is 11.8 Å². The first-order valence-electron chi connectivity index (χ1n) is 6.90. The molecule has 0 aliphatic heterocycles. The number of carbonyl (C=O) groups excluding carboxylic acids is 1. The van der Waals surface area contributed by atoms with Crippen LogP contribution < -0.4 is 5.73 Å². The van der Waals surface area contributed by atoms with Gasteiger partial charge in [-0.3, -0.25) is 4.79 Å². The van der Waals surface area contributed by atoms with E-state index in [4.69, 9.17) is 10.5 Å². The molecule has 2 N–H and O–H groups in total. The molecule has 0 aromatic rings. The molecule has 1 aliphatic carbocycles. The van der Waals surface area contributed by atoms with Gasteiger partial charge in [-0.25, -0.2) is 0 Å². The van der Waals surface area contributed by atoms with Gasteiger partial charge in [-0.1, -0.05) is 13.8 Å². The van der Waals surface area contributed by atoms with Gasteiger partial charge in [0.05, 0.1) is 12.1 Å². The molecular formula is C14H27NO2. The van der Waals surface area contributed by atoms with Crippen LogP contribution in [-0.4, -0.2) is 25.0 Å². The van der Waals surface area contributed by atoms with Crippen LogP contribution >= 0.6 is 0 Å². The summed E-state index contributed by atoms with van der Waals surface area (Å²) in [5.41, 5.74) is 6.01. The Morgan fingerprint density at radius 3 is 2.41 bits per heavy atom. The van der Waals surface area contributed by atoms with E-state index in [1.54, 1.807) is 7.11 Å². The lowest BCUT2D eigenvalue weighted by atomic mass is 9.81. The smallest absolute Gasteiger partial charge is 0.152 e. The zero-order valence-corrected chi connectivity index (χ0v) is 11.4. The quantitative estimate of drug-likeness (QED) is 0.777. The van der Waals surface area contributed by atoms with E-state index in [1.165, 1.54) is 0 Å². The van der Waals surface area contributed by atoms with Crippen LogP contribution in [0.2, 0.25) is 0 Å². The normalized spacial score (nSPS) is 28.7. The third-order valence-electron chi connectivity index (χ3n) is 4.18. The molecule has 17 heavy (non-hydrogen) atoms. The first kappa shape index (κ1) is 14.7. The Hall–Kier alpha value is -0.410. The van der Waals surface area contributed by atoms with Crippen molar-refractivity contribution < 1.29 is 9.53 Å². The van der Waals surface area contributed by atoms with Crippen molar-refractivity contribution >= 4 is 5.78 Å². The first-order chi connectivity index (χ1) is 8.08. The Kier molecular flexibility index (Phi) is 6.14. The van der Waals surface area contributed by atoms with Crippen LogP contribution in [0.15, 0.2) is 0 Å². The number of Topliss-reactive ketones (excluding diaryl/α,β-unsaturated/α-hetero) is 1. The van der Waals surface area contributed by atoms with E-state index in [2.05, 4.69) is 0 Å². The topological polar surface area (TPSA) is 52.3 Å². The van der Waals surface area contributed by atoms with Crippen molar-refractivity contribution in [3.8, 4) is 0 Å². The highest BCUT2D eigenvalue weighted by Crippen LogP contribution is 2.29.